The highest BCUT2D eigenvalue weighted by atomic mass is 19.4. The maximum absolute atomic E-state index is 12.3. The van der Waals surface area contributed by atoms with Crippen LogP contribution in [-0.2, 0) is 19.7 Å². The predicted octanol–water partition coefficient (Wildman–Crippen LogP) is 4.04. The van der Waals surface area contributed by atoms with Crippen LogP contribution >= 0.6 is 0 Å². The molecule has 2 rings (SSSR count). The van der Waals surface area contributed by atoms with Crippen molar-refractivity contribution in [1.82, 2.24) is 0 Å². The van der Waals surface area contributed by atoms with Crippen molar-refractivity contribution >= 4 is 17.6 Å². The molecular weight excluding hydrogens is 363 g/mol. The summed E-state index contributed by atoms with van der Waals surface area (Å²) < 4.78 is 45.1. The molecule has 0 unspecified atom stereocenters. The van der Waals surface area contributed by atoms with Gasteiger partial charge in [-0.15, -0.1) is 13.2 Å². The van der Waals surface area contributed by atoms with Crippen LogP contribution in [0.4, 0.5) is 18.9 Å². The number of nitrogens with one attached hydrogen (secondary N) is 1. The molecular formula is C19H18F3NO4. The van der Waals surface area contributed by atoms with Crippen molar-refractivity contribution in [3.8, 4) is 5.75 Å². The van der Waals surface area contributed by atoms with Crippen LogP contribution in [0, 0.1) is 0 Å². The van der Waals surface area contributed by atoms with Crippen LogP contribution < -0.4 is 10.1 Å². The van der Waals surface area contributed by atoms with E-state index in [1.165, 1.54) is 12.1 Å². The van der Waals surface area contributed by atoms with E-state index in [1.54, 1.807) is 38.1 Å². The van der Waals surface area contributed by atoms with E-state index in [0.29, 0.717) is 0 Å². The molecule has 8 heteroatoms. The monoisotopic (exact) mass is 381 g/mol. The Morgan fingerprint density at radius 1 is 0.963 bits per heavy atom. The molecule has 0 aliphatic heterocycles. The minimum Gasteiger partial charge on any atom is -0.455 e. The van der Waals surface area contributed by atoms with E-state index in [2.05, 4.69) is 10.1 Å². The number of anilines is 1. The molecule has 0 fully saturated rings. The molecule has 1 N–H and O–H groups in total. The van der Waals surface area contributed by atoms with Crippen molar-refractivity contribution in [1.29, 1.82) is 0 Å². The number of benzene rings is 2. The van der Waals surface area contributed by atoms with E-state index in [9.17, 15) is 22.8 Å². The van der Waals surface area contributed by atoms with Gasteiger partial charge in [0.1, 0.15) is 5.75 Å². The van der Waals surface area contributed by atoms with E-state index in [-0.39, 0.29) is 5.69 Å². The molecule has 1 amide bonds. The van der Waals surface area contributed by atoms with E-state index in [4.69, 9.17) is 4.74 Å². The van der Waals surface area contributed by atoms with Gasteiger partial charge in [-0.2, -0.15) is 0 Å². The van der Waals surface area contributed by atoms with Gasteiger partial charge in [0, 0.05) is 5.69 Å². The maximum atomic E-state index is 12.3. The Morgan fingerprint density at radius 3 is 2.11 bits per heavy atom. The molecule has 144 valence electrons. The second-order valence-electron chi connectivity index (χ2n) is 6.19. The fraction of sp³-hybridized carbons (Fsp3) is 0.263. The number of ether oxygens (including phenoxy) is 2. The SMILES string of the molecule is CC(C)(C(=O)OCC(=O)Nc1ccc(OC(F)(F)F)cc1)c1ccccc1. The number of hydrogen-bond acceptors (Lipinski definition) is 4. The third kappa shape index (κ3) is 6.02. The largest absolute Gasteiger partial charge is 0.573 e. The second kappa shape index (κ2) is 8.11. The first-order chi connectivity index (χ1) is 12.6. The quantitative estimate of drug-likeness (QED) is 0.767. The molecule has 0 heterocycles. The summed E-state index contributed by atoms with van der Waals surface area (Å²) in [6, 6.07) is 13.6. The van der Waals surface area contributed by atoms with Crippen LogP contribution in [-0.4, -0.2) is 24.8 Å². The molecule has 0 aliphatic rings. The molecule has 2 aromatic carbocycles. The maximum Gasteiger partial charge on any atom is 0.573 e. The summed E-state index contributed by atoms with van der Waals surface area (Å²) in [5, 5.41) is 2.43. The summed E-state index contributed by atoms with van der Waals surface area (Å²) in [6.07, 6.45) is -4.79. The van der Waals surface area contributed by atoms with Gasteiger partial charge in [0.2, 0.25) is 0 Å². The molecule has 0 atom stereocenters. The lowest BCUT2D eigenvalue weighted by Crippen LogP contribution is -2.33. The van der Waals surface area contributed by atoms with Gasteiger partial charge in [0.05, 0.1) is 5.41 Å². The van der Waals surface area contributed by atoms with Crippen molar-refractivity contribution in [2.45, 2.75) is 25.6 Å². The van der Waals surface area contributed by atoms with Crippen molar-refractivity contribution in [3.05, 3.63) is 60.2 Å². The van der Waals surface area contributed by atoms with Crippen molar-refractivity contribution < 1.29 is 32.2 Å². The summed E-state index contributed by atoms with van der Waals surface area (Å²) >= 11 is 0. The second-order valence-corrected chi connectivity index (χ2v) is 6.19. The number of alkyl halides is 3. The minimum atomic E-state index is -4.79. The summed E-state index contributed by atoms with van der Waals surface area (Å²) in [4.78, 5) is 24.2. The Kier molecular flexibility index (Phi) is 6.09. The number of esters is 1. The van der Waals surface area contributed by atoms with Crippen molar-refractivity contribution in [2.75, 3.05) is 11.9 Å². The third-order valence-corrected chi connectivity index (χ3v) is 3.71. The van der Waals surface area contributed by atoms with Crippen LogP contribution in [0.5, 0.6) is 5.75 Å². The molecule has 0 bridgehead atoms. The van der Waals surface area contributed by atoms with Gasteiger partial charge >= 0.3 is 12.3 Å². The molecule has 0 saturated heterocycles. The average Bonchev–Trinajstić information content (AvgIpc) is 2.61. The number of halogens is 3. The van der Waals surface area contributed by atoms with Gasteiger partial charge in [-0.3, -0.25) is 9.59 Å². The van der Waals surface area contributed by atoms with Crippen LogP contribution in [0.2, 0.25) is 0 Å². The highest BCUT2D eigenvalue weighted by molar-refractivity contribution is 5.93. The number of carbonyl (C=O) groups excluding carboxylic acids is 2. The Morgan fingerprint density at radius 2 is 1.56 bits per heavy atom. The first-order valence-corrected chi connectivity index (χ1v) is 7.96. The lowest BCUT2D eigenvalue weighted by atomic mass is 9.85. The Labute approximate surface area is 154 Å². The van der Waals surface area contributed by atoms with Gasteiger partial charge in [-0.05, 0) is 43.7 Å². The number of carbonyl (C=O) groups is 2. The first kappa shape index (κ1) is 20.3. The van der Waals surface area contributed by atoms with Crippen LogP contribution in [0.1, 0.15) is 19.4 Å². The van der Waals surface area contributed by atoms with E-state index in [1.807, 2.05) is 6.07 Å². The molecule has 0 aromatic heterocycles. The highest BCUT2D eigenvalue weighted by Gasteiger charge is 2.32. The first-order valence-electron chi connectivity index (χ1n) is 7.96. The minimum absolute atomic E-state index is 0.243. The molecule has 27 heavy (non-hydrogen) atoms. The normalized spacial score (nSPS) is 11.6. The Hall–Kier alpha value is -3.03. The summed E-state index contributed by atoms with van der Waals surface area (Å²) in [7, 11) is 0. The Bertz CT molecular complexity index is 787. The summed E-state index contributed by atoms with van der Waals surface area (Å²) in [5.41, 5.74) is 0.0570. The fourth-order valence-electron chi connectivity index (χ4n) is 2.22. The summed E-state index contributed by atoms with van der Waals surface area (Å²) in [5.74, 6) is -1.59. The summed E-state index contributed by atoms with van der Waals surface area (Å²) in [6.45, 7) is 2.85. The molecule has 0 saturated carbocycles. The molecule has 5 nitrogen and oxygen atoms in total. The van der Waals surface area contributed by atoms with E-state index in [0.717, 1.165) is 17.7 Å². The Balaban J connectivity index is 1.88. The zero-order valence-corrected chi connectivity index (χ0v) is 14.7. The van der Waals surface area contributed by atoms with Crippen LogP contribution in [0.15, 0.2) is 54.6 Å². The number of amides is 1. The van der Waals surface area contributed by atoms with E-state index >= 15 is 0 Å². The topological polar surface area (TPSA) is 64.6 Å². The van der Waals surface area contributed by atoms with Gasteiger partial charge in [-0.25, -0.2) is 0 Å². The van der Waals surface area contributed by atoms with E-state index < -0.39 is 36.0 Å². The average molecular weight is 381 g/mol. The van der Waals surface area contributed by atoms with Crippen molar-refractivity contribution in [3.63, 3.8) is 0 Å². The van der Waals surface area contributed by atoms with Gasteiger partial charge in [-0.1, -0.05) is 30.3 Å². The zero-order valence-electron chi connectivity index (χ0n) is 14.7. The standard InChI is InChI=1S/C19H18F3NO4/c1-18(2,13-6-4-3-5-7-13)17(25)26-12-16(24)23-14-8-10-15(11-9-14)27-19(20,21)22/h3-11H,12H2,1-2H3,(H,23,24). The van der Waals surface area contributed by atoms with Crippen molar-refractivity contribution in [2.24, 2.45) is 0 Å². The lowest BCUT2D eigenvalue weighted by Gasteiger charge is -2.22. The molecule has 0 radical (unpaired) electrons. The van der Waals surface area contributed by atoms with Gasteiger partial charge < -0.3 is 14.8 Å². The number of rotatable bonds is 6. The third-order valence-electron chi connectivity index (χ3n) is 3.71. The van der Waals surface area contributed by atoms with Crippen LogP contribution in [0.3, 0.4) is 0 Å². The number of hydrogen-bond donors (Lipinski definition) is 1. The predicted molar refractivity (Wildman–Crippen MR) is 92.2 cm³/mol. The van der Waals surface area contributed by atoms with Crippen LogP contribution in [0.25, 0.3) is 0 Å². The lowest BCUT2D eigenvalue weighted by molar-refractivity contribution is -0.274. The molecule has 2 aromatic rings. The van der Waals surface area contributed by atoms with Gasteiger partial charge in [0.25, 0.3) is 5.91 Å². The fourth-order valence-corrected chi connectivity index (χ4v) is 2.22. The zero-order chi connectivity index (χ0) is 20.1. The highest BCUT2D eigenvalue weighted by Crippen LogP contribution is 2.25. The van der Waals surface area contributed by atoms with Gasteiger partial charge in [0.15, 0.2) is 6.61 Å². The molecule has 0 spiro atoms. The smallest absolute Gasteiger partial charge is 0.455 e. The molecule has 0 aliphatic carbocycles.